The number of rotatable bonds is 14. The van der Waals surface area contributed by atoms with Crippen molar-refractivity contribution in [3.05, 3.63) is 295 Å². The number of hydrogen-bond acceptors (Lipinski definition) is 2. The van der Waals surface area contributed by atoms with Crippen LogP contribution in [0.5, 0.6) is 0 Å². The van der Waals surface area contributed by atoms with Gasteiger partial charge in [-0.25, -0.2) is 0 Å². The normalized spacial score (nSPS) is 12.7. The maximum atomic E-state index is 2.42. The van der Waals surface area contributed by atoms with Crippen molar-refractivity contribution in [2.24, 2.45) is 5.92 Å². The molecular weight excluding hydrogens is 965 g/mol. The number of fused-ring (bicyclic) bond motifs is 3. The monoisotopic (exact) mass is 1030 g/mol. The highest BCUT2D eigenvalue weighted by Gasteiger charge is 2.30. The van der Waals surface area contributed by atoms with E-state index in [-0.39, 0.29) is 5.41 Å². The molecule has 0 saturated carbocycles. The second kappa shape index (κ2) is 21.2. The van der Waals surface area contributed by atoms with Gasteiger partial charge in [-0.1, -0.05) is 233 Å². The van der Waals surface area contributed by atoms with Crippen molar-refractivity contribution in [3.63, 3.8) is 0 Å². The van der Waals surface area contributed by atoms with Crippen LogP contribution in [0.1, 0.15) is 55.0 Å². The predicted molar refractivity (Wildman–Crippen MR) is 342 cm³/mol. The van der Waals surface area contributed by atoms with Gasteiger partial charge in [0, 0.05) is 40.9 Å². The van der Waals surface area contributed by atoms with E-state index >= 15 is 0 Å². The first-order valence-electron chi connectivity index (χ1n) is 28.5. The number of aryl methyl sites for hydroxylation is 3. The summed E-state index contributed by atoms with van der Waals surface area (Å²) >= 11 is 0. The van der Waals surface area contributed by atoms with Crippen LogP contribution in [-0.2, 0) is 18.3 Å². The van der Waals surface area contributed by atoms with Crippen molar-refractivity contribution < 1.29 is 0 Å². The molecule has 1 aliphatic carbocycles. The molecule has 0 aromatic heterocycles. The molecular formula is C78H66N2. The number of nitrogens with zero attached hydrogens (tertiary/aromatic N) is 2. The third-order valence-corrected chi connectivity index (χ3v) is 17.0. The van der Waals surface area contributed by atoms with Gasteiger partial charge in [-0.2, -0.15) is 0 Å². The molecule has 0 amide bonds. The van der Waals surface area contributed by atoms with Crippen LogP contribution in [-0.4, -0.2) is 7.05 Å². The highest BCUT2D eigenvalue weighted by molar-refractivity contribution is 6.21. The molecule has 0 bridgehead atoms. The Morgan fingerprint density at radius 1 is 0.350 bits per heavy atom. The lowest BCUT2D eigenvalue weighted by molar-refractivity contribution is 0.427. The van der Waals surface area contributed by atoms with Gasteiger partial charge in [-0.3, -0.25) is 0 Å². The molecule has 1 unspecified atom stereocenters. The zero-order valence-corrected chi connectivity index (χ0v) is 46.5. The Labute approximate surface area is 472 Å². The second-order valence-corrected chi connectivity index (χ2v) is 22.7. The molecule has 1 aliphatic rings. The molecule has 0 spiro atoms. The van der Waals surface area contributed by atoms with Crippen LogP contribution in [0.15, 0.2) is 267 Å². The van der Waals surface area contributed by atoms with Crippen molar-refractivity contribution in [2.75, 3.05) is 16.8 Å². The zero-order chi connectivity index (χ0) is 54.3. The lowest BCUT2D eigenvalue weighted by Crippen LogP contribution is -2.25. The Balaban J connectivity index is 0.845. The van der Waals surface area contributed by atoms with Crippen molar-refractivity contribution in [1.29, 1.82) is 0 Å². The van der Waals surface area contributed by atoms with Gasteiger partial charge in [0.05, 0.1) is 0 Å². The van der Waals surface area contributed by atoms with Crippen LogP contribution < -0.4 is 9.80 Å². The molecule has 0 saturated heterocycles. The topological polar surface area (TPSA) is 6.48 Å². The summed E-state index contributed by atoms with van der Waals surface area (Å²) in [4.78, 5) is 4.66. The fourth-order valence-electron chi connectivity index (χ4n) is 12.7. The predicted octanol–water partition coefficient (Wildman–Crippen LogP) is 21.3. The van der Waals surface area contributed by atoms with Crippen molar-refractivity contribution in [2.45, 2.75) is 52.4 Å². The fourth-order valence-corrected chi connectivity index (χ4v) is 12.7. The Morgan fingerprint density at radius 3 is 1.20 bits per heavy atom. The minimum atomic E-state index is -0.134. The molecule has 388 valence electrons. The molecule has 0 N–H and O–H groups in total. The molecule has 12 aromatic carbocycles. The molecule has 0 radical (unpaired) electrons. The van der Waals surface area contributed by atoms with Crippen LogP contribution in [0, 0.1) is 12.8 Å². The Morgan fingerprint density at radius 2 is 0.738 bits per heavy atom. The summed E-state index contributed by atoms with van der Waals surface area (Å²) in [5.41, 5.74) is 24.7. The standard InChI is InChI=1S/C78H66N2/c1-53(2)52-78(4,65-40-30-56(31-41-65)55-24-22-54(3)23-25-55)66-42-32-57(33-43-66)58-34-46-69(47-35-58)80(71-17-13-14-62(51-71)64-29-27-59-26-28-63(59)50-64)70-48-38-61(39-49-70)77-74-20-11-9-18-72(74)76(73-19-10-12-21-75(73)77)60-36-44-68(45-37-60)79(5)67-15-7-6-8-16-67/h6-25,27,29-51,53H,26,28,52H2,1-5H3. The maximum Gasteiger partial charge on any atom is 0.0467 e. The van der Waals surface area contributed by atoms with Gasteiger partial charge in [0.15, 0.2) is 0 Å². The third kappa shape index (κ3) is 9.56. The van der Waals surface area contributed by atoms with Crippen molar-refractivity contribution in [3.8, 4) is 55.6 Å². The van der Waals surface area contributed by atoms with Crippen LogP contribution in [0.2, 0.25) is 0 Å². The van der Waals surface area contributed by atoms with Gasteiger partial charge in [0.25, 0.3) is 0 Å². The molecule has 2 nitrogen and oxygen atoms in total. The van der Waals surface area contributed by atoms with Gasteiger partial charge < -0.3 is 9.80 Å². The van der Waals surface area contributed by atoms with Crippen molar-refractivity contribution >= 4 is 50.0 Å². The van der Waals surface area contributed by atoms with E-state index in [4.69, 9.17) is 0 Å². The van der Waals surface area contributed by atoms with E-state index in [0.717, 1.165) is 41.3 Å². The van der Waals surface area contributed by atoms with Gasteiger partial charge in [0.2, 0.25) is 0 Å². The van der Waals surface area contributed by atoms with Crippen LogP contribution >= 0.6 is 0 Å². The minimum Gasteiger partial charge on any atom is -0.345 e. The van der Waals surface area contributed by atoms with E-state index < -0.39 is 0 Å². The summed E-state index contributed by atoms with van der Waals surface area (Å²) in [6.07, 6.45) is 3.39. The number of anilines is 5. The number of para-hydroxylation sites is 1. The first-order valence-corrected chi connectivity index (χ1v) is 28.5. The quantitative estimate of drug-likeness (QED) is 0.100. The molecule has 2 heteroatoms. The molecule has 0 aliphatic heterocycles. The van der Waals surface area contributed by atoms with Gasteiger partial charge in [-0.15, -0.1) is 0 Å². The van der Waals surface area contributed by atoms with E-state index in [9.17, 15) is 0 Å². The van der Waals surface area contributed by atoms with E-state index in [1.807, 2.05) is 0 Å². The summed E-state index contributed by atoms with van der Waals surface area (Å²) < 4.78 is 0. The summed E-state index contributed by atoms with van der Waals surface area (Å²) in [7, 11) is 2.13. The zero-order valence-electron chi connectivity index (χ0n) is 46.5. The first kappa shape index (κ1) is 50.3. The van der Waals surface area contributed by atoms with Crippen molar-refractivity contribution in [1.82, 2.24) is 0 Å². The SMILES string of the molecule is Cc1ccc(-c2ccc(C(C)(CC(C)C)c3ccc(-c4ccc(N(c5ccc(-c6c7ccccc7c(-c7ccc(N(C)c8ccccc8)cc7)c7ccccc67)cc5)c5cccc(-c6ccc7c(c6)CC7)c5)cc4)cc3)cc2)cc1. The Hall–Kier alpha value is -9.24. The van der Waals surface area contributed by atoms with Gasteiger partial charge in [-0.05, 0) is 192 Å². The highest BCUT2D eigenvalue weighted by Crippen LogP contribution is 2.46. The highest BCUT2D eigenvalue weighted by atomic mass is 15.1. The molecule has 0 fully saturated rings. The van der Waals surface area contributed by atoms with E-state index in [1.54, 1.807) is 0 Å². The van der Waals surface area contributed by atoms with Crippen LogP contribution in [0.25, 0.3) is 77.2 Å². The minimum absolute atomic E-state index is 0.134. The molecule has 80 heavy (non-hydrogen) atoms. The molecule has 1 atom stereocenters. The van der Waals surface area contributed by atoms with E-state index in [2.05, 4.69) is 311 Å². The second-order valence-electron chi connectivity index (χ2n) is 22.7. The summed E-state index contributed by atoms with van der Waals surface area (Å²) in [6, 6.07) is 99.5. The maximum absolute atomic E-state index is 2.42. The molecule has 13 rings (SSSR count). The van der Waals surface area contributed by atoms with E-state index in [1.165, 1.54) is 111 Å². The Kier molecular flexibility index (Phi) is 13.3. The summed E-state index contributed by atoms with van der Waals surface area (Å²) in [6.45, 7) is 9.24. The van der Waals surface area contributed by atoms with Crippen LogP contribution in [0.4, 0.5) is 28.4 Å². The number of hydrogen-bond donors (Lipinski definition) is 0. The largest absolute Gasteiger partial charge is 0.345 e. The van der Waals surface area contributed by atoms with Gasteiger partial charge in [0.1, 0.15) is 0 Å². The lowest BCUT2D eigenvalue weighted by Gasteiger charge is -2.33. The average Bonchev–Trinajstić information content (AvgIpc) is 3.56. The lowest BCUT2D eigenvalue weighted by atomic mass is 9.70. The molecule has 0 heterocycles. The summed E-state index contributed by atoms with van der Waals surface area (Å²) in [5.74, 6) is 0.530. The first-order chi connectivity index (χ1) is 39.1. The molecule has 12 aromatic rings. The number of benzene rings is 12. The summed E-state index contributed by atoms with van der Waals surface area (Å²) in [5, 5.41) is 4.96. The van der Waals surface area contributed by atoms with Crippen LogP contribution in [0.3, 0.4) is 0 Å². The average molecular weight is 1030 g/mol. The Bertz CT molecular complexity index is 4100. The third-order valence-electron chi connectivity index (χ3n) is 17.0. The fraction of sp³-hybridized carbons (Fsp3) is 0.128. The smallest absolute Gasteiger partial charge is 0.0467 e. The van der Waals surface area contributed by atoms with E-state index in [0.29, 0.717) is 5.92 Å². The van der Waals surface area contributed by atoms with Gasteiger partial charge >= 0.3 is 0 Å².